The van der Waals surface area contributed by atoms with Gasteiger partial charge in [-0.1, -0.05) is 175 Å². The van der Waals surface area contributed by atoms with Gasteiger partial charge in [-0.05, 0) is 194 Å². The largest absolute Gasteiger partial charge is 0.453 e. The Kier molecular flexibility index (Phi) is 13.2. The molecule has 1 heterocycles. The maximum Gasteiger partial charge on any atom is 0.151 e. The molecule has 68 heavy (non-hydrogen) atoms. The van der Waals surface area contributed by atoms with Crippen molar-refractivity contribution >= 4 is 17.1 Å². The number of nitrogens with zero attached hydrogens (tertiary/aromatic N) is 1. The molecule has 2 heteroatoms. The Balaban J connectivity index is 1.21. The highest BCUT2D eigenvalue weighted by Crippen LogP contribution is 2.51. The first-order valence-electron chi connectivity index (χ1n) is 25.0. The molecule has 0 radical (unpaired) electrons. The molecular formula is C66H61NO. The van der Waals surface area contributed by atoms with Crippen LogP contribution in [0.5, 0.6) is 11.5 Å². The predicted octanol–water partition coefficient (Wildman–Crippen LogP) is 19.1. The molecule has 0 atom stereocenters. The van der Waals surface area contributed by atoms with Gasteiger partial charge >= 0.3 is 0 Å². The van der Waals surface area contributed by atoms with E-state index in [-0.39, 0.29) is 0 Å². The number of hydrogen-bond donors (Lipinski definition) is 0. The molecule has 0 amide bonds. The van der Waals surface area contributed by atoms with Crippen LogP contribution in [0.3, 0.4) is 0 Å². The first kappa shape index (κ1) is 44.4. The molecule has 0 aromatic heterocycles. The molecule has 0 spiro atoms. The van der Waals surface area contributed by atoms with Crippen molar-refractivity contribution in [3.63, 3.8) is 0 Å². The van der Waals surface area contributed by atoms with Gasteiger partial charge in [-0.3, -0.25) is 0 Å². The van der Waals surface area contributed by atoms with Crippen LogP contribution in [0.1, 0.15) is 75.6 Å². The van der Waals surface area contributed by atoms with E-state index in [1.807, 2.05) is 0 Å². The van der Waals surface area contributed by atoms with E-state index in [4.69, 9.17) is 4.74 Å². The number of hydrogen-bond acceptors (Lipinski definition) is 2. The zero-order valence-electron chi connectivity index (χ0n) is 40.1. The molecule has 1 aliphatic rings. The zero-order valence-corrected chi connectivity index (χ0v) is 40.1. The van der Waals surface area contributed by atoms with Crippen LogP contribution < -0.4 is 9.64 Å². The Labute approximate surface area is 404 Å². The van der Waals surface area contributed by atoms with Gasteiger partial charge < -0.3 is 9.64 Å². The normalized spacial score (nSPS) is 11.8. The Morgan fingerprint density at radius 1 is 0.279 bits per heavy atom. The molecular weight excluding hydrogens is 823 g/mol. The summed E-state index contributed by atoms with van der Waals surface area (Å²) in [5.74, 6) is 1.67. The van der Waals surface area contributed by atoms with Crippen LogP contribution in [-0.4, -0.2) is 0 Å². The van der Waals surface area contributed by atoms with Crippen molar-refractivity contribution in [2.45, 2.75) is 79.1 Å². The van der Waals surface area contributed by atoms with Gasteiger partial charge in [-0.15, -0.1) is 0 Å². The standard InChI is InChI=1S/C66H61NO/c1-5-13-46-21-29-50(30-22-46)54-37-55(51-31-23-47(14-6-2)24-32-51)40-58(39-54)60-43-61(45-62(44-60)67-63-17-9-11-19-65(63)68-66-20-12-10-18-64(66)67)59-41-56(52-33-25-48(15-7-3)26-34-52)38-57(42-59)53-35-27-49(16-8-4)28-36-53/h9-12,17-45H,5-8,13-16H2,1-4H3. The van der Waals surface area contributed by atoms with Gasteiger partial charge in [0.1, 0.15) is 0 Å². The van der Waals surface area contributed by atoms with Crippen molar-refractivity contribution in [1.29, 1.82) is 0 Å². The average Bonchev–Trinajstić information content (AvgIpc) is 3.39. The van der Waals surface area contributed by atoms with E-state index in [1.54, 1.807) is 0 Å². The molecule has 1 aliphatic heterocycles. The summed E-state index contributed by atoms with van der Waals surface area (Å²) in [6, 6.07) is 75.2. The van der Waals surface area contributed by atoms with Gasteiger partial charge in [-0.25, -0.2) is 0 Å². The van der Waals surface area contributed by atoms with Gasteiger partial charge in [0.25, 0.3) is 0 Å². The Hall–Kier alpha value is -7.42. The molecule has 0 bridgehead atoms. The number of aryl methyl sites for hydroxylation is 4. The van der Waals surface area contributed by atoms with Crippen LogP contribution in [0.2, 0.25) is 0 Å². The monoisotopic (exact) mass is 883 g/mol. The molecule has 0 saturated heterocycles. The highest BCUT2D eigenvalue weighted by atomic mass is 16.5. The minimum atomic E-state index is 0.836. The summed E-state index contributed by atoms with van der Waals surface area (Å²) in [6.45, 7) is 8.99. The number of fused-ring (bicyclic) bond motifs is 2. The lowest BCUT2D eigenvalue weighted by atomic mass is 9.89. The fourth-order valence-electron chi connectivity index (χ4n) is 9.92. The van der Waals surface area contributed by atoms with E-state index in [1.165, 1.54) is 77.9 Å². The maximum absolute atomic E-state index is 6.57. The fraction of sp³-hybridized carbons (Fsp3) is 0.182. The minimum absolute atomic E-state index is 0.836. The molecule has 0 N–H and O–H groups in total. The summed E-state index contributed by atoms with van der Waals surface area (Å²) in [4.78, 5) is 2.38. The first-order chi connectivity index (χ1) is 33.5. The predicted molar refractivity (Wildman–Crippen MR) is 290 cm³/mol. The SMILES string of the molecule is CCCc1ccc(-c2cc(-c3ccc(CCC)cc3)cc(-c3cc(-c4cc(-c5ccc(CCC)cc5)cc(-c5ccc(CCC)cc5)c4)cc(N4c5ccccc5Oc5ccccc54)c3)c2)cc1. The highest BCUT2D eigenvalue weighted by Gasteiger charge is 2.26. The van der Waals surface area contributed by atoms with Crippen molar-refractivity contribution < 1.29 is 4.74 Å². The van der Waals surface area contributed by atoms with Crippen molar-refractivity contribution in [2.75, 3.05) is 4.90 Å². The third kappa shape index (κ3) is 9.55. The fourth-order valence-corrected chi connectivity index (χ4v) is 9.92. The first-order valence-corrected chi connectivity index (χ1v) is 25.0. The van der Waals surface area contributed by atoms with E-state index < -0.39 is 0 Å². The van der Waals surface area contributed by atoms with Crippen LogP contribution in [0, 0.1) is 0 Å². The van der Waals surface area contributed by atoms with Crippen LogP contribution in [0.15, 0.2) is 200 Å². The molecule has 9 aromatic rings. The summed E-state index contributed by atoms with van der Waals surface area (Å²) in [7, 11) is 0. The lowest BCUT2D eigenvalue weighted by Gasteiger charge is -2.33. The van der Waals surface area contributed by atoms with Gasteiger partial charge in [0.15, 0.2) is 11.5 Å². The number of rotatable bonds is 15. The zero-order chi connectivity index (χ0) is 46.4. The number of ether oxygens (including phenoxy) is 1. The summed E-state index contributed by atoms with van der Waals surface area (Å²) in [6.07, 6.45) is 8.84. The minimum Gasteiger partial charge on any atom is -0.453 e. The number of anilines is 3. The summed E-state index contributed by atoms with van der Waals surface area (Å²) >= 11 is 0. The highest BCUT2D eigenvalue weighted by molar-refractivity contribution is 5.92. The van der Waals surface area contributed by atoms with Gasteiger partial charge in [0.05, 0.1) is 11.4 Å². The molecule has 9 aromatic carbocycles. The Morgan fingerprint density at radius 2 is 0.529 bits per heavy atom. The van der Waals surface area contributed by atoms with E-state index in [0.717, 1.165) is 91.1 Å². The van der Waals surface area contributed by atoms with Crippen molar-refractivity contribution in [2.24, 2.45) is 0 Å². The molecule has 10 rings (SSSR count). The van der Waals surface area contributed by atoms with Gasteiger partial charge in [-0.2, -0.15) is 0 Å². The molecule has 0 unspecified atom stereocenters. The molecule has 0 aliphatic carbocycles. The second kappa shape index (κ2) is 20.2. The average molecular weight is 884 g/mol. The molecule has 336 valence electrons. The van der Waals surface area contributed by atoms with E-state index in [0.29, 0.717) is 0 Å². The Bertz CT molecular complexity index is 2810. The van der Waals surface area contributed by atoms with Crippen LogP contribution >= 0.6 is 0 Å². The van der Waals surface area contributed by atoms with Crippen molar-refractivity contribution in [3.8, 4) is 78.3 Å². The topological polar surface area (TPSA) is 12.5 Å². The summed E-state index contributed by atoms with van der Waals surface area (Å²) in [5, 5.41) is 0. The van der Waals surface area contributed by atoms with Crippen LogP contribution in [0.25, 0.3) is 66.8 Å². The van der Waals surface area contributed by atoms with Crippen LogP contribution in [-0.2, 0) is 25.7 Å². The molecule has 0 fully saturated rings. The molecule has 2 nitrogen and oxygen atoms in total. The quantitative estimate of drug-likeness (QED) is 0.102. The van der Waals surface area contributed by atoms with Gasteiger partial charge in [0.2, 0.25) is 0 Å². The van der Waals surface area contributed by atoms with E-state index >= 15 is 0 Å². The lowest BCUT2D eigenvalue weighted by molar-refractivity contribution is 0.477. The van der Waals surface area contributed by atoms with Gasteiger partial charge in [0, 0.05) is 5.69 Å². The lowest BCUT2D eigenvalue weighted by Crippen LogP contribution is -2.15. The summed E-state index contributed by atoms with van der Waals surface area (Å²) in [5.41, 5.74) is 22.9. The van der Waals surface area contributed by atoms with Crippen molar-refractivity contribution in [1.82, 2.24) is 0 Å². The smallest absolute Gasteiger partial charge is 0.151 e. The number of para-hydroxylation sites is 4. The summed E-state index contributed by atoms with van der Waals surface area (Å²) < 4.78 is 6.57. The van der Waals surface area contributed by atoms with E-state index in [2.05, 4.69) is 233 Å². The molecule has 0 saturated carbocycles. The van der Waals surface area contributed by atoms with Crippen LogP contribution in [0.4, 0.5) is 17.1 Å². The third-order valence-electron chi connectivity index (χ3n) is 13.4. The Morgan fingerprint density at radius 3 is 0.809 bits per heavy atom. The van der Waals surface area contributed by atoms with Crippen molar-refractivity contribution in [3.05, 3.63) is 222 Å². The number of benzene rings is 9. The van der Waals surface area contributed by atoms with E-state index in [9.17, 15) is 0 Å². The third-order valence-corrected chi connectivity index (χ3v) is 13.4. The second-order valence-corrected chi connectivity index (χ2v) is 18.5. The second-order valence-electron chi connectivity index (χ2n) is 18.5. The maximum atomic E-state index is 6.57.